The first-order chi connectivity index (χ1) is 9.92. The van der Waals surface area contributed by atoms with E-state index in [0.29, 0.717) is 5.56 Å². The van der Waals surface area contributed by atoms with E-state index in [-0.39, 0.29) is 22.8 Å². The van der Waals surface area contributed by atoms with Crippen LogP contribution in [0.2, 0.25) is 0 Å². The molecule has 0 heterocycles. The summed E-state index contributed by atoms with van der Waals surface area (Å²) in [4.78, 5) is 22.2. The Morgan fingerprint density at radius 2 is 1.86 bits per heavy atom. The van der Waals surface area contributed by atoms with Gasteiger partial charge in [-0.2, -0.15) is 5.26 Å². The number of phenols is 1. The number of ether oxygens (including phenoxy) is 2. The van der Waals surface area contributed by atoms with Crippen LogP contribution in [0.4, 0.5) is 4.79 Å². The minimum atomic E-state index is -1.07. The molecule has 1 aromatic rings. The second-order valence-electron chi connectivity index (χ2n) is 3.76. The van der Waals surface area contributed by atoms with Gasteiger partial charge in [-0.1, -0.05) is 0 Å². The van der Waals surface area contributed by atoms with Crippen LogP contribution in [-0.2, 0) is 4.79 Å². The molecule has 0 radical (unpaired) electrons. The number of nitrogens with two attached hydrogens (primary N) is 1. The summed E-state index contributed by atoms with van der Waals surface area (Å²) in [6.45, 7) is 0. The Morgan fingerprint density at radius 1 is 1.33 bits per heavy atom. The number of carbonyl (C=O) groups excluding carboxylic acids is 2. The van der Waals surface area contributed by atoms with Crippen molar-refractivity contribution in [3.63, 3.8) is 0 Å². The Labute approximate surface area is 120 Å². The normalized spacial score (nSPS) is 10.4. The first-order valence-electron chi connectivity index (χ1n) is 5.60. The number of carbonyl (C=O) groups is 2. The number of hydrogen-bond acceptors (Lipinski definition) is 6. The van der Waals surface area contributed by atoms with Crippen molar-refractivity contribution in [1.29, 1.82) is 5.26 Å². The molecule has 110 valence electrons. The number of primary amides is 1. The lowest BCUT2D eigenvalue weighted by atomic mass is 10.1. The fourth-order valence-corrected chi connectivity index (χ4v) is 1.49. The van der Waals surface area contributed by atoms with Gasteiger partial charge in [-0.3, -0.25) is 10.1 Å². The minimum Gasteiger partial charge on any atom is -0.502 e. The number of methoxy groups -OCH3 is 2. The van der Waals surface area contributed by atoms with Gasteiger partial charge in [0, 0.05) is 0 Å². The molecule has 1 aromatic carbocycles. The van der Waals surface area contributed by atoms with Gasteiger partial charge in [0.2, 0.25) is 5.75 Å². The average molecular weight is 291 g/mol. The van der Waals surface area contributed by atoms with Crippen molar-refractivity contribution in [2.45, 2.75) is 0 Å². The van der Waals surface area contributed by atoms with E-state index in [0.717, 1.165) is 0 Å². The lowest BCUT2D eigenvalue weighted by Gasteiger charge is -2.09. The molecule has 0 unspecified atom stereocenters. The number of nitriles is 1. The summed E-state index contributed by atoms with van der Waals surface area (Å²) < 4.78 is 9.90. The number of phenolic OH excluding ortho intramolecular Hbond substituents is 1. The second-order valence-corrected chi connectivity index (χ2v) is 3.76. The van der Waals surface area contributed by atoms with E-state index in [4.69, 9.17) is 20.5 Å². The predicted molar refractivity (Wildman–Crippen MR) is 72.5 cm³/mol. The molecule has 8 nitrogen and oxygen atoms in total. The maximum Gasteiger partial charge on any atom is 0.319 e. The Balaban J connectivity index is 3.26. The third-order valence-corrected chi connectivity index (χ3v) is 2.41. The standard InChI is InChI=1S/C13H13N3O5/c1-20-9-4-7(5-10(21-2)11(9)17)3-8(6-14)12(18)16-13(15)19/h3-5,17H,1-2H3,(H3,15,16,18,19)/b8-3-. The Hall–Kier alpha value is -3.21. The van der Waals surface area contributed by atoms with Crippen LogP contribution in [0.1, 0.15) is 5.56 Å². The van der Waals surface area contributed by atoms with E-state index in [1.54, 1.807) is 11.4 Å². The van der Waals surface area contributed by atoms with Crippen molar-refractivity contribution in [1.82, 2.24) is 5.32 Å². The number of benzene rings is 1. The van der Waals surface area contributed by atoms with E-state index >= 15 is 0 Å². The molecule has 3 amide bonds. The summed E-state index contributed by atoms with van der Waals surface area (Å²) in [5.41, 5.74) is 4.82. The van der Waals surface area contributed by atoms with Crippen molar-refractivity contribution in [2.75, 3.05) is 14.2 Å². The molecule has 1 rings (SSSR count). The van der Waals surface area contributed by atoms with Crippen LogP contribution in [0.25, 0.3) is 6.08 Å². The molecule has 0 bridgehead atoms. The first kappa shape index (κ1) is 15.8. The largest absolute Gasteiger partial charge is 0.502 e. The van der Waals surface area contributed by atoms with Crippen LogP contribution in [-0.4, -0.2) is 31.3 Å². The molecule has 0 aromatic heterocycles. The molecule has 0 atom stereocenters. The molecule has 0 fully saturated rings. The molecule has 0 spiro atoms. The fourth-order valence-electron chi connectivity index (χ4n) is 1.49. The summed E-state index contributed by atoms with van der Waals surface area (Å²) in [5, 5.41) is 20.5. The number of nitrogens with one attached hydrogen (secondary N) is 1. The lowest BCUT2D eigenvalue weighted by molar-refractivity contribution is -0.115. The van der Waals surface area contributed by atoms with Crippen LogP contribution in [0.15, 0.2) is 17.7 Å². The van der Waals surface area contributed by atoms with E-state index < -0.39 is 11.9 Å². The van der Waals surface area contributed by atoms with Gasteiger partial charge in [-0.15, -0.1) is 0 Å². The van der Waals surface area contributed by atoms with Gasteiger partial charge in [0.15, 0.2) is 11.5 Å². The molecular weight excluding hydrogens is 278 g/mol. The zero-order valence-electron chi connectivity index (χ0n) is 11.3. The summed E-state index contributed by atoms with van der Waals surface area (Å²) in [7, 11) is 2.68. The van der Waals surface area contributed by atoms with E-state index in [1.807, 2.05) is 0 Å². The fraction of sp³-hybridized carbons (Fsp3) is 0.154. The second kappa shape index (κ2) is 6.81. The van der Waals surface area contributed by atoms with Gasteiger partial charge in [0.1, 0.15) is 11.6 Å². The van der Waals surface area contributed by atoms with Gasteiger partial charge in [-0.05, 0) is 23.8 Å². The minimum absolute atomic E-state index is 0.105. The van der Waals surface area contributed by atoms with Gasteiger partial charge in [0.25, 0.3) is 5.91 Å². The molecule has 8 heteroatoms. The SMILES string of the molecule is COc1cc(/C=C(/C#N)C(=O)NC(N)=O)cc(OC)c1O. The van der Waals surface area contributed by atoms with Crippen LogP contribution in [0, 0.1) is 11.3 Å². The zero-order chi connectivity index (χ0) is 16.0. The number of aromatic hydroxyl groups is 1. The summed E-state index contributed by atoms with van der Waals surface area (Å²) in [6, 6.07) is 3.37. The van der Waals surface area contributed by atoms with E-state index in [2.05, 4.69) is 0 Å². The van der Waals surface area contributed by atoms with Crippen molar-refractivity contribution >= 4 is 18.0 Å². The Bertz CT molecular complexity index is 621. The molecule has 0 aliphatic rings. The van der Waals surface area contributed by atoms with Gasteiger partial charge in [0.05, 0.1) is 14.2 Å². The topological polar surface area (TPSA) is 135 Å². The molecule has 21 heavy (non-hydrogen) atoms. The maximum absolute atomic E-state index is 11.6. The maximum atomic E-state index is 11.6. The van der Waals surface area contributed by atoms with E-state index in [1.165, 1.54) is 32.4 Å². The highest BCUT2D eigenvalue weighted by molar-refractivity contribution is 6.08. The van der Waals surface area contributed by atoms with Crippen LogP contribution < -0.4 is 20.5 Å². The first-order valence-corrected chi connectivity index (χ1v) is 5.60. The zero-order valence-corrected chi connectivity index (χ0v) is 11.3. The van der Waals surface area contributed by atoms with E-state index in [9.17, 15) is 14.7 Å². The number of amides is 3. The Kier molecular flexibility index (Phi) is 5.14. The highest BCUT2D eigenvalue weighted by atomic mass is 16.5. The third-order valence-electron chi connectivity index (χ3n) is 2.41. The molecular formula is C13H13N3O5. The van der Waals surface area contributed by atoms with Gasteiger partial charge < -0.3 is 20.3 Å². The molecule has 0 aliphatic carbocycles. The van der Waals surface area contributed by atoms with Crippen molar-refractivity contribution in [3.05, 3.63) is 23.3 Å². The van der Waals surface area contributed by atoms with Gasteiger partial charge >= 0.3 is 6.03 Å². The Morgan fingerprint density at radius 3 is 2.24 bits per heavy atom. The van der Waals surface area contributed by atoms with Crippen LogP contribution in [0.5, 0.6) is 17.2 Å². The number of imide groups is 1. The molecule has 0 saturated heterocycles. The average Bonchev–Trinajstić information content (AvgIpc) is 2.44. The highest BCUT2D eigenvalue weighted by Gasteiger charge is 2.14. The number of urea groups is 1. The van der Waals surface area contributed by atoms with Crippen molar-refractivity contribution in [2.24, 2.45) is 5.73 Å². The lowest BCUT2D eigenvalue weighted by Crippen LogP contribution is -2.35. The molecule has 4 N–H and O–H groups in total. The number of nitrogens with zero attached hydrogens (tertiary/aromatic N) is 1. The summed E-state index contributed by atoms with van der Waals surface area (Å²) >= 11 is 0. The number of hydrogen-bond donors (Lipinski definition) is 3. The highest BCUT2D eigenvalue weighted by Crippen LogP contribution is 2.37. The molecule has 0 saturated carbocycles. The quantitative estimate of drug-likeness (QED) is 0.546. The van der Waals surface area contributed by atoms with Crippen LogP contribution >= 0.6 is 0 Å². The monoisotopic (exact) mass is 291 g/mol. The summed E-state index contributed by atoms with van der Waals surface area (Å²) in [6.07, 6.45) is 1.20. The van der Waals surface area contributed by atoms with Crippen molar-refractivity contribution < 1.29 is 24.2 Å². The summed E-state index contributed by atoms with van der Waals surface area (Å²) in [5.74, 6) is -0.936. The van der Waals surface area contributed by atoms with Crippen molar-refractivity contribution in [3.8, 4) is 23.3 Å². The smallest absolute Gasteiger partial charge is 0.319 e. The third kappa shape index (κ3) is 3.87. The molecule has 0 aliphatic heterocycles. The number of rotatable bonds is 4. The predicted octanol–water partition coefficient (Wildman–Crippen LogP) is 0.511. The van der Waals surface area contributed by atoms with Crippen LogP contribution in [0.3, 0.4) is 0 Å². The van der Waals surface area contributed by atoms with Gasteiger partial charge in [-0.25, -0.2) is 4.79 Å².